The molecule has 0 bridgehead atoms. The van der Waals surface area contributed by atoms with E-state index in [1.165, 1.54) is 5.56 Å². The van der Waals surface area contributed by atoms with Crippen LogP contribution in [-0.2, 0) is 9.59 Å². The highest BCUT2D eigenvalue weighted by atomic mass is 16.2. The summed E-state index contributed by atoms with van der Waals surface area (Å²) in [6.07, 6.45) is 1.78. The molecule has 4 nitrogen and oxygen atoms in total. The minimum Gasteiger partial charge on any atom is -0.355 e. The van der Waals surface area contributed by atoms with Gasteiger partial charge in [0.2, 0.25) is 11.8 Å². The number of rotatable bonds is 5. The Bertz CT molecular complexity index is 527. The van der Waals surface area contributed by atoms with Crippen molar-refractivity contribution in [2.45, 2.75) is 39.5 Å². The van der Waals surface area contributed by atoms with E-state index < -0.39 is 0 Å². The van der Waals surface area contributed by atoms with Crippen molar-refractivity contribution < 1.29 is 9.59 Å². The minimum absolute atomic E-state index is 0.0619. The van der Waals surface area contributed by atoms with Gasteiger partial charge in [-0.15, -0.1) is 0 Å². The van der Waals surface area contributed by atoms with Gasteiger partial charge >= 0.3 is 0 Å². The van der Waals surface area contributed by atoms with E-state index in [-0.39, 0.29) is 17.7 Å². The van der Waals surface area contributed by atoms with Gasteiger partial charge in [-0.25, -0.2) is 0 Å². The van der Waals surface area contributed by atoms with Crippen LogP contribution in [0.25, 0.3) is 0 Å². The molecule has 4 heteroatoms. The number of benzene rings is 1. The molecular formula is C19H28N2O2. The summed E-state index contributed by atoms with van der Waals surface area (Å²) in [5, 5.41) is 3.11. The van der Waals surface area contributed by atoms with E-state index in [4.69, 9.17) is 0 Å². The van der Waals surface area contributed by atoms with Gasteiger partial charge in [0.05, 0.1) is 5.92 Å². The van der Waals surface area contributed by atoms with Crippen LogP contribution in [0.4, 0.5) is 0 Å². The molecule has 0 saturated carbocycles. The van der Waals surface area contributed by atoms with Gasteiger partial charge in [-0.3, -0.25) is 9.59 Å². The lowest BCUT2D eigenvalue weighted by atomic mass is 9.88. The zero-order valence-corrected chi connectivity index (χ0v) is 14.4. The lowest BCUT2D eigenvalue weighted by molar-refractivity contribution is -0.134. The highest BCUT2D eigenvalue weighted by Crippen LogP contribution is 2.24. The molecule has 0 aromatic heterocycles. The van der Waals surface area contributed by atoms with E-state index in [2.05, 4.69) is 31.3 Å². The Morgan fingerprint density at radius 2 is 1.96 bits per heavy atom. The fourth-order valence-corrected chi connectivity index (χ4v) is 3.27. The van der Waals surface area contributed by atoms with Crippen molar-refractivity contribution in [3.63, 3.8) is 0 Å². The predicted molar refractivity (Wildman–Crippen MR) is 92.0 cm³/mol. The summed E-state index contributed by atoms with van der Waals surface area (Å²) >= 11 is 0. The molecule has 0 radical (unpaired) electrons. The van der Waals surface area contributed by atoms with Crippen molar-refractivity contribution in [3.8, 4) is 0 Å². The number of nitrogens with zero attached hydrogens (tertiary/aromatic N) is 1. The molecule has 1 aromatic rings. The first-order valence-corrected chi connectivity index (χ1v) is 8.57. The van der Waals surface area contributed by atoms with Crippen LogP contribution in [0.1, 0.15) is 45.1 Å². The number of hydrogen-bond donors (Lipinski definition) is 1. The highest BCUT2D eigenvalue weighted by Gasteiger charge is 2.27. The average Bonchev–Trinajstić information content (AvgIpc) is 2.55. The van der Waals surface area contributed by atoms with Crippen molar-refractivity contribution in [1.82, 2.24) is 10.2 Å². The third kappa shape index (κ3) is 4.81. The monoisotopic (exact) mass is 316 g/mol. The molecule has 1 heterocycles. The van der Waals surface area contributed by atoms with Crippen LogP contribution in [0.15, 0.2) is 30.3 Å². The molecule has 1 aliphatic heterocycles. The van der Waals surface area contributed by atoms with Crippen LogP contribution < -0.4 is 5.32 Å². The van der Waals surface area contributed by atoms with E-state index >= 15 is 0 Å². The van der Waals surface area contributed by atoms with Gasteiger partial charge < -0.3 is 10.2 Å². The molecule has 1 saturated heterocycles. The molecule has 1 aliphatic rings. The summed E-state index contributed by atoms with van der Waals surface area (Å²) in [5.74, 6) is 0.839. The largest absolute Gasteiger partial charge is 0.355 e. The average molecular weight is 316 g/mol. The third-order valence-corrected chi connectivity index (χ3v) is 4.77. The Kier molecular flexibility index (Phi) is 6.20. The lowest BCUT2D eigenvalue weighted by Crippen LogP contribution is -2.45. The summed E-state index contributed by atoms with van der Waals surface area (Å²) in [7, 11) is 0. The second-order valence-corrected chi connectivity index (χ2v) is 6.81. The molecule has 0 aliphatic carbocycles. The van der Waals surface area contributed by atoms with Crippen LogP contribution >= 0.6 is 0 Å². The zero-order valence-electron chi connectivity index (χ0n) is 14.4. The van der Waals surface area contributed by atoms with Crippen molar-refractivity contribution in [1.29, 1.82) is 0 Å². The Hall–Kier alpha value is -1.84. The van der Waals surface area contributed by atoms with Crippen molar-refractivity contribution in [2.75, 3.05) is 19.6 Å². The van der Waals surface area contributed by atoms with Crippen molar-refractivity contribution >= 4 is 11.8 Å². The quantitative estimate of drug-likeness (QED) is 0.908. The maximum absolute atomic E-state index is 12.5. The highest BCUT2D eigenvalue weighted by molar-refractivity contribution is 5.80. The molecule has 0 spiro atoms. The van der Waals surface area contributed by atoms with E-state index in [1.54, 1.807) is 11.8 Å². The Morgan fingerprint density at radius 3 is 2.57 bits per heavy atom. The molecule has 23 heavy (non-hydrogen) atoms. The van der Waals surface area contributed by atoms with Gasteiger partial charge in [-0.05, 0) is 24.3 Å². The zero-order chi connectivity index (χ0) is 16.8. The second-order valence-electron chi connectivity index (χ2n) is 6.81. The van der Waals surface area contributed by atoms with Gasteiger partial charge in [0.1, 0.15) is 0 Å². The molecule has 2 atom stereocenters. The number of carbonyl (C=O) groups is 2. The van der Waals surface area contributed by atoms with Gasteiger partial charge in [0.15, 0.2) is 0 Å². The molecule has 1 fully saturated rings. The number of likely N-dealkylation sites (tertiary alicyclic amines) is 1. The fraction of sp³-hybridized carbons (Fsp3) is 0.579. The van der Waals surface area contributed by atoms with Gasteiger partial charge in [0, 0.05) is 32.5 Å². The van der Waals surface area contributed by atoms with Crippen LogP contribution in [-0.4, -0.2) is 36.3 Å². The molecule has 0 unspecified atom stereocenters. The molecule has 1 aromatic carbocycles. The van der Waals surface area contributed by atoms with Gasteiger partial charge in [-0.1, -0.05) is 44.2 Å². The first-order valence-electron chi connectivity index (χ1n) is 8.57. The summed E-state index contributed by atoms with van der Waals surface area (Å²) in [5.41, 5.74) is 1.26. The van der Waals surface area contributed by atoms with E-state index in [0.29, 0.717) is 24.9 Å². The summed E-state index contributed by atoms with van der Waals surface area (Å²) in [4.78, 5) is 25.8. The number of amides is 2. The number of piperidine rings is 1. The standard InChI is InChI=1S/C19H28N2O2/c1-14(2)18(16-8-5-4-6-9-16)12-20-19(23)17-10-7-11-21(13-17)15(3)22/h4-6,8-9,14,17-18H,7,10-13H2,1-3H3,(H,20,23)/t17-,18-/m1/s1. The first-order chi connectivity index (χ1) is 11.0. The molecular weight excluding hydrogens is 288 g/mol. The lowest BCUT2D eigenvalue weighted by Gasteiger charge is -2.32. The third-order valence-electron chi connectivity index (χ3n) is 4.77. The molecule has 2 amide bonds. The minimum atomic E-state index is -0.0729. The number of nitrogens with one attached hydrogen (secondary N) is 1. The van der Waals surface area contributed by atoms with Gasteiger partial charge in [0.25, 0.3) is 0 Å². The summed E-state index contributed by atoms with van der Waals surface area (Å²) < 4.78 is 0. The molecule has 1 N–H and O–H groups in total. The van der Waals surface area contributed by atoms with E-state index in [0.717, 1.165) is 19.4 Å². The first kappa shape index (κ1) is 17.5. The molecule has 2 rings (SSSR count). The van der Waals surface area contributed by atoms with E-state index in [9.17, 15) is 9.59 Å². The SMILES string of the molecule is CC(=O)N1CCC[C@@H](C(=O)NC[C@@H](c2ccccc2)C(C)C)C1. The Balaban J connectivity index is 1.93. The maximum Gasteiger partial charge on any atom is 0.224 e. The van der Waals surface area contributed by atoms with Crippen molar-refractivity contribution in [3.05, 3.63) is 35.9 Å². The predicted octanol–water partition coefficient (Wildman–Crippen LogP) is 2.80. The van der Waals surface area contributed by atoms with Crippen molar-refractivity contribution in [2.24, 2.45) is 11.8 Å². The Morgan fingerprint density at radius 1 is 1.26 bits per heavy atom. The summed E-state index contributed by atoms with van der Waals surface area (Å²) in [6, 6.07) is 10.3. The topological polar surface area (TPSA) is 49.4 Å². The van der Waals surface area contributed by atoms with Crippen LogP contribution in [0.2, 0.25) is 0 Å². The fourth-order valence-electron chi connectivity index (χ4n) is 3.27. The van der Waals surface area contributed by atoms with Crippen LogP contribution in [0.5, 0.6) is 0 Å². The smallest absolute Gasteiger partial charge is 0.224 e. The molecule has 126 valence electrons. The van der Waals surface area contributed by atoms with Gasteiger partial charge in [-0.2, -0.15) is 0 Å². The second kappa shape index (κ2) is 8.14. The number of hydrogen-bond acceptors (Lipinski definition) is 2. The van der Waals surface area contributed by atoms with E-state index in [1.807, 2.05) is 18.2 Å². The van der Waals surface area contributed by atoms with Crippen LogP contribution in [0.3, 0.4) is 0 Å². The van der Waals surface area contributed by atoms with Crippen LogP contribution in [0, 0.1) is 11.8 Å². The normalized spacial score (nSPS) is 19.5. The number of carbonyl (C=O) groups excluding carboxylic acids is 2. The maximum atomic E-state index is 12.5. The Labute approximate surface area is 139 Å². The summed E-state index contributed by atoms with van der Waals surface area (Å²) in [6.45, 7) is 7.92.